The molecular weight excluding hydrogens is 310 g/mol. The Morgan fingerprint density at radius 1 is 1.26 bits per heavy atom. The van der Waals surface area contributed by atoms with E-state index in [1.165, 1.54) is 0 Å². The van der Waals surface area contributed by atoms with Crippen molar-refractivity contribution in [3.63, 3.8) is 0 Å². The molecule has 0 amide bonds. The van der Waals surface area contributed by atoms with Gasteiger partial charge in [0.15, 0.2) is 0 Å². The number of hydrogen-bond donors (Lipinski definition) is 0. The van der Waals surface area contributed by atoms with Gasteiger partial charge in [-0.2, -0.15) is 0 Å². The minimum Gasteiger partial charge on any atom is -0.490 e. The molecule has 0 spiro atoms. The largest absolute Gasteiger partial charge is 0.490 e. The van der Waals surface area contributed by atoms with Crippen molar-refractivity contribution < 1.29 is 4.74 Å². The number of aromatic nitrogens is 2. The van der Waals surface area contributed by atoms with Crippen molar-refractivity contribution in [3.05, 3.63) is 53.1 Å². The summed E-state index contributed by atoms with van der Waals surface area (Å²) in [6.45, 7) is 2.78. The van der Waals surface area contributed by atoms with E-state index in [0.29, 0.717) is 17.8 Å². The van der Waals surface area contributed by atoms with Crippen molar-refractivity contribution in [2.45, 2.75) is 19.4 Å². The number of likely N-dealkylation sites (N-methyl/N-ethyl adjacent to an activating group) is 1. The molecule has 2 rings (SSSR count). The maximum atomic E-state index is 6.16. The van der Waals surface area contributed by atoms with Gasteiger partial charge in [0.05, 0.1) is 6.20 Å². The Hall–Kier alpha value is -1.91. The lowest BCUT2D eigenvalue weighted by Gasteiger charge is -2.22. The van der Waals surface area contributed by atoms with E-state index in [9.17, 15) is 0 Å². The molecule has 122 valence electrons. The Morgan fingerprint density at radius 2 is 2.00 bits per heavy atom. The van der Waals surface area contributed by atoms with Crippen LogP contribution in [-0.4, -0.2) is 41.6 Å². The number of hydrogen-bond acceptors (Lipinski definition) is 4. The van der Waals surface area contributed by atoms with Crippen LogP contribution in [-0.2, 0) is 0 Å². The van der Waals surface area contributed by atoms with Crippen molar-refractivity contribution in [2.75, 3.05) is 20.7 Å². The fourth-order valence-corrected chi connectivity index (χ4v) is 2.29. The lowest BCUT2D eigenvalue weighted by molar-refractivity contribution is 0.181. The first-order valence-electron chi connectivity index (χ1n) is 7.63. The van der Waals surface area contributed by atoms with Crippen LogP contribution in [0.2, 0.25) is 5.15 Å². The maximum Gasteiger partial charge on any atom is 0.138 e. The number of halogens is 1. The second kappa shape index (κ2) is 8.65. The lowest BCUT2D eigenvalue weighted by Crippen LogP contribution is -2.32. The van der Waals surface area contributed by atoms with E-state index in [0.717, 1.165) is 23.3 Å². The Morgan fingerprint density at radius 3 is 2.65 bits per heavy atom. The third-order valence-electron chi connectivity index (χ3n) is 3.65. The summed E-state index contributed by atoms with van der Waals surface area (Å²) in [7, 11) is 4.11. The Labute approximate surface area is 142 Å². The Kier molecular flexibility index (Phi) is 6.56. The molecule has 2 aromatic heterocycles. The second-order valence-corrected chi connectivity index (χ2v) is 5.86. The van der Waals surface area contributed by atoms with E-state index in [2.05, 4.69) is 35.9 Å². The summed E-state index contributed by atoms with van der Waals surface area (Å²) >= 11 is 6.16. The minimum atomic E-state index is 0.376. The Bertz CT molecular complexity index is 644. The fraction of sp³-hybridized carbons (Fsp3) is 0.333. The highest BCUT2D eigenvalue weighted by atomic mass is 35.5. The molecule has 5 heteroatoms. The predicted octanol–water partition coefficient (Wildman–Crippen LogP) is 4.02. The third-order valence-corrected chi connectivity index (χ3v) is 3.96. The summed E-state index contributed by atoms with van der Waals surface area (Å²) < 4.78 is 5.86. The van der Waals surface area contributed by atoms with Crippen LogP contribution < -0.4 is 4.74 Å². The molecule has 0 saturated carbocycles. The number of rotatable bonds is 7. The van der Waals surface area contributed by atoms with Crippen LogP contribution in [0.5, 0.6) is 5.75 Å². The topological polar surface area (TPSA) is 38.3 Å². The van der Waals surface area contributed by atoms with Gasteiger partial charge in [0.2, 0.25) is 0 Å². The first-order valence-corrected chi connectivity index (χ1v) is 8.00. The normalized spacial score (nSPS) is 12.7. The lowest BCUT2D eigenvalue weighted by atomic mass is 10.2. The molecule has 0 saturated heterocycles. The minimum absolute atomic E-state index is 0.376. The van der Waals surface area contributed by atoms with Crippen LogP contribution >= 0.6 is 11.6 Å². The van der Waals surface area contributed by atoms with Crippen LogP contribution in [0.3, 0.4) is 0 Å². The zero-order valence-electron chi connectivity index (χ0n) is 13.7. The molecule has 0 unspecified atom stereocenters. The Balaban J connectivity index is 2.08. The average Bonchev–Trinajstić information content (AvgIpc) is 2.56. The van der Waals surface area contributed by atoms with E-state index < -0.39 is 0 Å². The molecule has 0 radical (unpaired) electrons. The zero-order chi connectivity index (χ0) is 16.7. The molecular formula is C18H22ClN3O. The smallest absolute Gasteiger partial charge is 0.138 e. The standard InChI is InChI=1S/C18H22ClN3O/c1-4-16(22(2)3)13-23-17-11-15(18(19)21-12-17)6-5-14-7-9-20-10-8-14/h5-12,16H,4,13H2,1-3H3/b6-5+/t16-/m0/s1. The van der Waals surface area contributed by atoms with E-state index in [4.69, 9.17) is 16.3 Å². The highest BCUT2D eigenvalue weighted by Crippen LogP contribution is 2.22. The fourth-order valence-electron chi connectivity index (χ4n) is 2.13. The number of pyridine rings is 2. The summed E-state index contributed by atoms with van der Waals surface area (Å²) in [4.78, 5) is 10.4. The van der Waals surface area contributed by atoms with Crippen molar-refractivity contribution in [2.24, 2.45) is 0 Å². The van der Waals surface area contributed by atoms with Gasteiger partial charge < -0.3 is 9.64 Å². The van der Waals surface area contributed by atoms with Gasteiger partial charge >= 0.3 is 0 Å². The monoisotopic (exact) mass is 331 g/mol. The molecule has 0 aliphatic rings. The molecule has 0 aromatic carbocycles. The molecule has 2 aromatic rings. The third kappa shape index (κ3) is 5.34. The summed E-state index contributed by atoms with van der Waals surface area (Å²) in [5.41, 5.74) is 1.89. The van der Waals surface area contributed by atoms with Crippen LogP contribution in [0.1, 0.15) is 24.5 Å². The van der Waals surface area contributed by atoms with E-state index in [1.54, 1.807) is 18.6 Å². The quantitative estimate of drug-likeness (QED) is 0.718. The molecule has 23 heavy (non-hydrogen) atoms. The molecule has 4 nitrogen and oxygen atoms in total. The molecule has 0 bridgehead atoms. The van der Waals surface area contributed by atoms with Crippen molar-refractivity contribution >= 4 is 23.8 Å². The first-order chi connectivity index (χ1) is 11.1. The molecule has 1 atom stereocenters. The second-order valence-electron chi connectivity index (χ2n) is 5.50. The molecule has 0 aliphatic carbocycles. The van der Waals surface area contributed by atoms with Gasteiger partial charge in [0.25, 0.3) is 0 Å². The summed E-state index contributed by atoms with van der Waals surface area (Å²) in [6, 6.07) is 6.15. The van der Waals surface area contributed by atoms with Crippen molar-refractivity contribution in [1.29, 1.82) is 0 Å². The van der Waals surface area contributed by atoms with Gasteiger partial charge in [-0.05, 0) is 44.3 Å². The van der Waals surface area contributed by atoms with Gasteiger partial charge in [-0.25, -0.2) is 4.98 Å². The predicted molar refractivity (Wildman–Crippen MR) is 95.7 cm³/mol. The maximum absolute atomic E-state index is 6.16. The molecule has 0 N–H and O–H groups in total. The number of nitrogens with zero attached hydrogens (tertiary/aromatic N) is 3. The van der Waals surface area contributed by atoms with Gasteiger partial charge in [-0.15, -0.1) is 0 Å². The summed E-state index contributed by atoms with van der Waals surface area (Å²) in [6.07, 6.45) is 10.1. The average molecular weight is 332 g/mol. The first kappa shape index (κ1) is 17.4. The van der Waals surface area contributed by atoms with E-state index >= 15 is 0 Å². The van der Waals surface area contributed by atoms with Crippen molar-refractivity contribution in [1.82, 2.24) is 14.9 Å². The van der Waals surface area contributed by atoms with Crippen LogP contribution in [0.4, 0.5) is 0 Å². The van der Waals surface area contributed by atoms with Crippen LogP contribution in [0.25, 0.3) is 12.2 Å². The zero-order valence-corrected chi connectivity index (χ0v) is 14.5. The summed E-state index contributed by atoms with van der Waals surface area (Å²) in [5.74, 6) is 0.726. The SMILES string of the molecule is CC[C@@H](COc1cnc(Cl)c(/C=C/c2ccncc2)c1)N(C)C. The summed E-state index contributed by atoms with van der Waals surface area (Å²) in [5, 5.41) is 0.460. The van der Waals surface area contributed by atoms with E-state index in [1.807, 2.05) is 30.4 Å². The van der Waals surface area contributed by atoms with E-state index in [-0.39, 0.29) is 0 Å². The molecule has 0 fully saturated rings. The van der Waals surface area contributed by atoms with Gasteiger partial charge in [-0.3, -0.25) is 4.98 Å². The highest BCUT2D eigenvalue weighted by molar-refractivity contribution is 6.31. The van der Waals surface area contributed by atoms with Gasteiger partial charge in [-0.1, -0.05) is 30.7 Å². The van der Waals surface area contributed by atoms with Gasteiger partial charge in [0, 0.05) is 24.0 Å². The van der Waals surface area contributed by atoms with Crippen molar-refractivity contribution in [3.8, 4) is 5.75 Å². The number of ether oxygens (including phenoxy) is 1. The van der Waals surface area contributed by atoms with Crippen LogP contribution in [0, 0.1) is 0 Å². The van der Waals surface area contributed by atoms with Gasteiger partial charge in [0.1, 0.15) is 17.5 Å². The molecule has 2 heterocycles. The molecule has 0 aliphatic heterocycles. The highest BCUT2D eigenvalue weighted by Gasteiger charge is 2.10. The van der Waals surface area contributed by atoms with Crippen LogP contribution in [0.15, 0.2) is 36.8 Å².